The largest absolute Gasteiger partial charge is 0.493 e. The zero-order valence-electron chi connectivity index (χ0n) is 16.0. The van der Waals surface area contributed by atoms with Crippen molar-refractivity contribution >= 4 is 16.7 Å². The zero-order valence-corrected chi connectivity index (χ0v) is 16.0. The Hall–Kier alpha value is -4.38. The van der Waals surface area contributed by atoms with E-state index in [1.54, 1.807) is 30.3 Å². The number of nitrogens with one attached hydrogen (secondary N) is 1. The van der Waals surface area contributed by atoms with E-state index in [1.165, 1.54) is 19.2 Å². The van der Waals surface area contributed by atoms with E-state index in [9.17, 15) is 15.4 Å². The summed E-state index contributed by atoms with van der Waals surface area (Å²) in [7, 11) is 1.54. The maximum atomic E-state index is 11.0. The van der Waals surface area contributed by atoms with Crippen LogP contribution in [-0.2, 0) is 6.61 Å². The summed E-state index contributed by atoms with van der Waals surface area (Å²) in [5.74, 6) is 1.60. The number of nitrogens with zero attached hydrogens (tertiary/aromatic N) is 3. The number of aromatic nitrogens is 2. The topological polar surface area (TPSA) is 114 Å². The van der Waals surface area contributed by atoms with Crippen molar-refractivity contribution in [1.82, 2.24) is 9.97 Å². The van der Waals surface area contributed by atoms with Crippen LogP contribution in [0, 0.1) is 21.4 Å². The Morgan fingerprint density at radius 1 is 1.13 bits per heavy atom. The molecule has 148 valence electrons. The fourth-order valence-corrected chi connectivity index (χ4v) is 3.09. The molecule has 0 bridgehead atoms. The second kappa shape index (κ2) is 7.93. The minimum absolute atomic E-state index is 0.00308. The molecule has 0 aliphatic rings. The summed E-state index contributed by atoms with van der Waals surface area (Å²) in [5, 5.41) is 20.2. The third kappa shape index (κ3) is 3.64. The van der Waals surface area contributed by atoms with Crippen LogP contribution < -0.4 is 9.47 Å². The summed E-state index contributed by atoms with van der Waals surface area (Å²) in [6.07, 6.45) is 0. The number of rotatable bonds is 6. The second-order valence-electron chi connectivity index (χ2n) is 6.47. The molecule has 0 saturated carbocycles. The first kappa shape index (κ1) is 19.0. The first-order valence-electron chi connectivity index (χ1n) is 9.02. The fourth-order valence-electron chi connectivity index (χ4n) is 3.09. The van der Waals surface area contributed by atoms with Gasteiger partial charge in [0.15, 0.2) is 11.5 Å². The number of fused-ring (bicyclic) bond motifs is 1. The molecule has 8 heteroatoms. The summed E-state index contributed by atoms with van der Waals surface area (Å²) in [4.78, 5) is 18.1. The summed E-state index contributed by atoms with van der Waals surface area (Å²) >= 11 is 0. The van der Waals surface area contributed by atoms with E-state index in [2.05, 4.69) is 16.0 Å². The number of aromatic amines is 1. The number of benzene rings is 3. The molecular formula is C22H16N4O4. The van der Waals surface area contributed by atoms with Crippen molar-refractivity contribution < 1.29 is 14.4 Å². The van der Waals surface area contributed by atoms with Gasteiger partial charge in [-0.2, -0.15) is 5.26 Å². The van der Waals surface area contributed by atoms with Crippen LogP contribution in [-0.4, -0.2) is 22.0 Å². The number of imidazole rings is 1. The summed E-state index contributed by atoms with van der Waals surface area (Å²) in [5.41, 5.74) is 3.29. The molecule has 1 aromatic heterocycles. The van der Waals surface area contributed by atoms with Gasteiger partial charge in [0.05, 0.1) is 34.7 Å². The second-order valence-corrected chi connectivity index (χ2v) is 6.47. The van der Waals surface area contributed by atoms with E-state index in [0.29, 0.717) is 33.9 Å². The smallest absolute Gasteiger partial charge is 0.271 e. The first-order valence-corrected chi connectivity index (χ1v) is 9.02. The van der Waals surface area contributed by atoms with Crippen LogP contribution in [0.1, 0.15) is 11.1 Å². The van der Waals surface area contributed by atoms with E-state index in [0.717, 1.165) is 11.1 Å². The van der Waals surface area contributed by atoms with Crippen LogP contribution in [0.2, 0.25) is 0 Å². The third-order valence-corrected chi connectivity index (χ3v) is 4.63. The van der Waals surface area contributed by atoms with Crippen LogP contribution in [0.5, 0.6) is 11.5 Å². The highest BCUT2D eigenvalue weighted by Gasteiger charge is 2.13. The number of nitro benzene ring substituents is 1. The van der Waals surface area contributed by atoms with Crippen molar-refractivity contribution in [1.29, 1.82) is 5.26 Å². The monoisotopic (exact) mass is 400 g/mol. The van der Waals surface area contributed by atoms with Gasteiger partial charge in [0.2, 0.25) is 0 Å². The van der Waals surface area contributed by atoms with E-state index < -0.39 is 4.92 Å². The number of hydrogen-bond donors (Lipinski definition) is 1. The van der Waals surface area contributed by atoms with Crippen LogP contribution in [0.4, 0.5) is 5.69 Å². The normalized spacial score (nSPS) is 10.5. The van der Waals surface area contributed by atoms with Gasteiger partial charge in [-0.1, -0.05) is 18.2 Å². The lowest BCUT2D eigenvalue weighted by Gasteiger charge is -2.12. The maximum absolute atomic E-state index is 11.0. The van der Waals surface area contributed by atoms with Crippen LogP contribution in [0.25, 0.3) is 22.4 Å². The van der Waals surface area contributed by atoms with Gasteiger partial charge in [-0.15, -0.1) is 0 Å². The predicted octanol–water partition coefficient (Wildman–Crippen LogP) is 4.60. The quantitative estimate of drug-likeness (QED) is 0.374. The molecule has 0 saturated heterocycles. The molecule has 30 heavy (non-hydrogen) atoms. The molecule has 0 radical (unpaired) electrons. The molecule has 4 rings (SSSR count). The van der Waals surface area contributed by atoms with Gasteiger partial charge >= 0.3 is 0 Å². The van der Waals surface area contributed by atoms with Crippen molar-refractivity contribution in [2.75, 3.05) is 7.11 Å². The van der Waals surface area contributed by atoms with Crippen molar-refractivity contribution in [2.24, 2.45) is 0 Å². The molecule has 0 fully saturated rings. The molecule has 0 spiro atoms. The summed E-state index contributed by atoms with van der Waals surface area (Å²) in [6.45, 7) is 0.230. The number of H-pyrrole nitrogens is 1. The van der Waals surface area contributed by atoms with E-state index in [-0.39, 0.29) is 12.3 Å². The highest BCUT2D eigenvalue weighted by Crippen LogP contribution is 2.33. The Morgan fingerprint density at radius 2 is 1.97 bits per heavy atom. The minimum atomic E-state index is -0.445. The van der Waals surface area contributed by atoms with Crippen molar-refractivity contribution in [3.05, 3.63) is 81.9 Å². The van der Waals surface area contributed by atoms with Gasteiger partial charge in [-0.3, -0.25) is 10.1 Å². The molecule has 0 unspecified atom stereocenters. The van der Waals surface area contributed by atoms with Gasteiger partial charge in [0.25, 0.3) is 5.69 Å². The average molecular weight is 400 g/mol. The summed E-state index contributed by atoms with van der Waals surface area (Å²) in [6, 6.07) is 19.2. The molecular weight excluding hydrogens is 384 g/mol. The Bertz CT molecular complexity index is 1290. The van der Waals surface area contributed by atoms with Gasteiger partial charge in [-0.25, -0.2) is 4.98 Å². The van der Waals surface area contributed by atoms with Crippen molar-refractivity contribution in [3.8, 4) is 29.0 Å². The molecule has 0 atom stereocenters. The SMILES string of the molecule is COc1cc(-c2nc3ccc([N+](=O)[O-])cc3[nH]2)ccc1OCc1ccccc1C#N. The lowest BCUT2D eigenvalue weighted by Crippen LogP contribution is -2.00. The lowest BCUT2D eigenvalue weighted by molar-refractivity contribution is -0.384. The Morgan fingerprint density at radius 3 is 2.73 bits per heavy atom. The molecule has 8 nitrogen and oxygen atoms in total. The van der Waals surface area contributed by atoms with Gasteiger partial charge in [0, 0.05) is 23.3 Å². The van der Waals surface area contributed by atoms with Crippen LogP contribution >= 0.6 is 0 Å². The number of methoxy groups -OCH3 is 1. The van der Waals surface area contributed by atoms with Gasteiger partial charge < -0.3 is 14.5 Å². The van der Waals surface area contributed by atoms with Gasteiger partial charge in [0.1, 0.15) is 12.4 Å². The lowest BCUT2D eigenvalue weighted by atomic mass is 10.1. The van der Waals surface area contributed by atoms with E-state index in [4.69, 9.17) is 9.47 Å². The minimum Gasteiger partial charge on any atom is -0.493 e. The first-order chi connectivity index (χ1) is 14.6. The Kier molecular flexibility index (Phi) is 5.01. The maximum Gasteiger partial charge on any atom is 0.271 e. The number of ether oxygens (including phenoxy) is 2. The third-order valence-electron chi connectivity index (χ3n) is 4.63. The fraction of sp³-hybridized carbons (Fsp3) is 0.0909. The molecule has 1 N–H and O–H groups in total. The highest BCUT2D eigenvalue weighted by atomic mass is 16.6. The molecule has 3 aromatic carbocycles. The Labute approximate surface area is 171 Å². The van der Waals surface area contributed by atoms with Gasteiger partial charge in [-0.05, 0) is 30.3 Å². The molecule has 1 heterocycles. The molecule has 4 aromatic rings. The standard InChI is InChI=1S/C22H16N4O4/c1-29-21-10-14(22-24-18-8-7-17(26(27)28)11-19(18)25-22)6-9-20(21)30-13-16-5-3-2-4-15(16)12-23/h2-11H,13H2,1H3,(H,24,25). The average Bonchev–Trinajstić information content (AvgIpc) is 3.21. The van der Waals surface area contributed by atoms with E-state index >= 15 is 0 Å². The number of nitro groups is 1. The highest BCUT2D eigenvalue weighted by molar-refractivity contribution is 5.81. The van der Waals surface area contributed by atoms with E-state index in [1.807, 2.05) is 18.2 Å². The van der Waals surface area contributed by atoms with Crippen LogP contribution in [0.15, 0.2) is 60.7 Å². The molecule has 0 aliphatic heterocycles. The molecule has 0 aliphatic carbocycles. The van der Waals surface area contributed by atoms with Crippen molar-refractivity contribution in [2.45, 2.75) is 6.61 Å². The Balaban J connectivity index is 1.61. The summed E-state index contributed by atoms with van der Waals surface area (Å²) < 4.78 is 11.3. The zero-order chi connectivity index (χ0) is 21.1. The van der Waals surface area contributed by atoms with Crippen LogP contribution in [0.3, 0.4) is 0 Å². The number of nitriles is 1. The number of hydrogen-bond acceptors (Lipinski definition) is 6. The number of non-ortho nitro benzene ring substituents is 1. The predicted molar refractivity (Wildman–Crippen MR) is 110 cm³/mol. The molecule has 0 amide bonds. The van der Waals surface area contributed by atoms with Crippen molar-refractivity contribution in [3.63, 3.8) is 0 Å².